The summed E-state index contributed by atoms with van der Waals surface area (Å²) in [4.78, 5) is 30.6. The molecule has 0 aliphatic carbocycles. The van der Waals surface area contributed by atoms with Crippen LogP contribution in [0.1, 0.15) is 43.2 Å². The van der Waals surface area contributed by atoms with E-state index in [0.717, 1.165) is 22.0 Å². The van der Waals surface area contributed by atoms with Gasteiger partial charge in [0.1, 0.15) is 5.60 Å². The van der Waals surface area contributed by atoms with Gasteiger partial charge in [0, 0.05) is 36.6 Å². The number of aromatic amines is 1. The van der Waals surface area contributed by atoms with E-state index in [1.165, 1.54) is 0 Å². The van der Waals surface area contributed by atoms with E-state index in [0.29, 0.717) is 30.9 Å². The number of hydrogen-bond acceptors (Lipinski definition) is 5. The molecule has 3 aromatic rings. The number of anilines is 1. The van der Waals surface area contributed by atoms with E-state index in [4.69, 9.17) is 4.74 Å². The number of fused-ring (bicyclic) bond motifs is 1. The first-order valence-electron chi connectivity index (χ1n) is 10.2. The molecule has 0 radical (unpaired) electrons. The average molecular weight is 419 g/mol. The number of benzene rings is 1. The third-order valence-electron chi connectivity index (χ3n) is 4.95. The Kier molecular flexibility index (Phi) is 5.46. The lowest BCUT2D eigenvalue weighted by Gasteiger charge is -2.29. The van der Waals surface area contributed by atoms with Crippen molar-refractivity contribution in [1.29, 1.82) is 0 Å². The van der Waals surface area contributed by atoms with Crippen LogP contribution in [0, 0.1) is 0 Å². The van der Waals surface area contributed by atoms with Crippen molar-refractivity contribution in [1.82, 2.24) is 20.1 Å². The minimum Gasteiger partial charge on any atom is -0.444 e. The van der Waals surface area contributed by atoms with Crippen LogP contribution in [0.25, 0.3) is 16.5 Å². The van der Waals surface area contributed by atoms with Gasteiger partial charge >= 0.3 is 6.09 Å². The molecule has 1 aliphatic rings. The number of aromatic nitrogens is 3. The smallest absolute Gasteiger partial charge is 0.410 e. The molecule has 3 heterocycles. The maximum absolute atomic E-state index is 12.7. The number of hydrogen-bond donors (Lipinski definition) is 2. The molecule has 160 valence electrons. The second-order valence-electron chi connectivity index (χ2n) is 8.43. The summed E-state index contributed by atoms with van der Waals surface area (Å²) in [5.41, 5.74) is 3.40. The van der Waals surface area contributed by atoms with Gasteiger partial charge in [-0.3, -0.25) is 14.9 Å². The Hall–Kier alpha value is -3.68. The lowest BCUT2D eigenvalue weighted by Crippen LogP contribution is -2.39. The van der Waals surface area contributed by atoms with Gasteiger partial charge in [0.25, 0.3) is 5.91 Å². The summed E-state index contributed by atoms with van der Waals surface area (Å²) in [6.07, 6.45) is 5.68. The molecular weight excluding hydrogens is 394 g/mol. The second kappa shape index (κ2) is 8.22. The zero-order chi connectivity index (χ0) is 22.0. The molecule has 8 heteroatoms. The van der Waals surface area contributed by atoms with Gasteiger partial charge in [-0.2, -0.15) is 5.10 Å². The van der Waals surface area contributed by atoms with E-state index in [1.807, 2.05) is 45.0 Å². The number of pyridine rings is 1. The van der Waals surface area contributed by atoms with E-state index in [2.05, 4.69) is 20.5 Å². The lowest BCUT2D eigenvalue weighted by molar-refractivity contribution is 0.0270. The van der Waals surface area contributed by atoms with Gasteiger partial charge in [-0.25, -0.2) is 4.79 Å². The van der Waals surface area contributed by atoms with E-state index >= 15 is 0 Å². The minimum atomic E-state index is -0.513. The fraction of sp³-hybridized carbons (Fsp3) is 0.304. The zero-order valence-electron chi connectivity index (χ0n) is 17.8. The monoisotopic (exact) mass is 419 g/mol. The van der Waals surface area contributed by atoms with Crippen LogP contribution in [0.2, 0.25) is 0 Å². The first-order chi connectivity index (χ1) is 14.8. The van der Waals surface area contributed by atoms with Crippen molar-refractivity contribution >= 4 is 34.2 Å². The predicted molar refractivity (Wildman–Crippen MR) is 119 cm³/mol. The largest absolute Gasteiger partial charge is 0.444 e. The first-order valence-corrected chi connectivity index (χ1v) is 10.2. The number of amides is 2. The maximum Gasteiger partial charge on any atom is 0.410 e. The first kappa shape index (κ1) is 20.6. The van der Waals surface area contributed by atoms with Crippen molar-refractivity contribution in [3.05, 3.63) is 60.1 Å². The summed E-state index contributed by atoms with van der Waals surface area (Å²) in [7, 11) is 0. The summed E-state index contributed by atoms with van der Waals surface area (Å²) in [6, 6.07) is 9.33. The van der Waals surface area contributed by atoms with Crippen LogP contribution in [-0.4, -0.2) is 50.8 Å². The van der Waals surface area contributed by atoms with Gasteiger partial charge in [-0.1, -0.05) is 12.1 Å². The summed E-state index contributed by atoms with van der Waals surface area (Å²) in [5.74, 6) is -0.289. The number of carbonyl (C=O) groups excluding carboxylic acids is 2. The highest BCUT2D eigenvalue weighted by Crippen LogP contribution is 2.27. The Morgan fingerprint density at radius 1 is 1.16 bits per heavy atom. The summed E-state index contributed by atoms with van der Waals surface area (Å²) < 4.78 is 5.45. The van der Waals surface area contributed by atoms with Gasteiger partial charge < -0.3 is 15.0 Å². The SMILES string of the molecule is CC(C)(C)OC(=O)N1CC=C(c2ccc3[nH]nc(C(=O)Nc4ccncc4)c3c2)CC1. The Labute approximate surface area is 180 Å². The molecule has 1 aromatic carbocycles. The van der Waals surface area contributed by atoms with Gasteiger partial charge in [-0.15, -0.1) is 0 Å². The fourth-order valence-electron chi connectivity index (χ4n) is 3.44. The normalized spacial score (nSPS) is 14.3. The molecule has 31 heavy (non-hydrogen) atoms. The van der Waals surface area contributed by atoms with Crippen LogP contribution < -0.4 is 5.32 Å². The predicted octanol–water partition coefficient (Wildman–Crippen LogP) is 4.23. The standard InChI is InChI=1S/C23H25N5O3/c1-23(2,3)31-22(30)28-12-8-15(9-13-28)16-4-5-19-18(14-16)20(27-26-19)21(29)25-17-6-10-24-11-7-17/h4-8,10-11,14H,9,12-13H2,1-3H3,(H,26,27)(H,24,25,29). The second-order valence-corrected chi connectivity index (χ2v) is 8.43. The van der Waals surface area contributed by atoms with Gasteiger partial charge in [0.2, 0.25) is 0 Å². The molecular formula is C23H25N5O3. The summed E-state index contributed by atoms with van der Waals surface area (Å²) >= 11 is 0. The number of rotatable bonds is 3. The van der Waals surface area contributed by atoms with E-state index in [-0.39, 0.29) is 12.0 Å². The number of ether oxygens (including phenoxy) is 1. The summed E-state index contributed by atoms with van der Waals surface area (Å²) in [6.45, 7) is 6.65. The topological polar surface area (TPSA) is 100 Å². The molecule has 2 N–H and O–H groups in total. The van der Waals surface area contributed by atoms with Crippen LogP contribution in [0.15, 0.2) is 48.8 Å². The van der Waals surface area contributed by atoms with Crippen molar-refractivity contribution in [3.63, 3.8) is 0 Å². The number of H-pyrrole nitrogens is 1. The molecule has 0 unspecified atom stereocenters. The van der Waals surface area contributed by atoms with E-state index < -0.39 is 5.60 Å². The van der Waals surface area contributed by atoms with Crippen molar-refractivity contribution in [3.8, 4) is 0 Å². The molecule has 8 nitrogen and oxygen atoms in total. The zero-order valence-corrected chi connectivity index (χ0v) is 17.8. The molecule has 0 bridgehead atoms. The Bertz CT molecular complexity index is 1140. The quantitative estimate of drug-likeness (QED) is 0.662. The molecule has 0 atom stereocenters. The average Bonchev–Trinajstić information content (AvgIpc) is 3.17. The van der Waals surface area contributed by atoms with Crippen LogP contribution in [-0.2, 0) is 4.74 Å². The molecule has 0 saturated carbocycles. The molecule has 1 aliphatic heterocycles. The molecule has 0 fully saturated rings. The van der Waals surface area contributed by atoms with Crippen LogP contribution in [0.5, 0.6) is 0 Å². The number of nitrogens with zero attached hydrogens (tertiary/aromatic N) is 3. The van der Waals surface area contributed by atoms with Crippen molar-refractivity contribution in [2.45, 2.75) is 32.8 Å². The van der Waals surface area contributed by atoms with E-state index in [9.17, 15) is 9.59 Å². The molecule has 4 rings (SSSR count). The van der Waals surface area contributed by atoms with Gasteiger partial charge in [0.05, 0.1) is 5.52 Å². The molecule has 2 amide bonds. The Balaban J connectivity index is 1.52. The third-order valence-corrected chi connectivity index (χ3v) is 4.95. The van der Waals surface area contributed by atoms with Crippen LogP contribution in [0.3, 0.4) is 0 Å². The van der Waals surface area contributed by atoms with Gasteiger partial charge in [-0.05, 0) is 62.6 Å². The van der Waals surface area contributed by atoms with Crippen LogP contribution in [0.4, 0.5) is 10.5 Å². The fourth-order valence-corrected chi connectivity index (χ4v) is 3.44. The Morgan fingerprint density at radius 2 is 1.94 bits per heavy atom. The number of carbonyl (C=O) groups is 2. The Morgan fingerprint density at radius 3 is 2.61 bits per heavy atom. The van der Waals surface area contributed by atoms with Gasteiger partial charge in [0.15, 0.2) is 5.69 Å². The lowest BCUT2D eigenvalue weighted by atomic mass is 9.98. The molecule has 2 aromatic heterocycles. The summed E-state index contributed by atoms with van der Waals surface area (Å²) in [5, 5.41) is 10.7. The highest BCUT2D eigenvalue weighted by molar-refractivity contribution is 6.11. The third kappa shape index (κ3) is 4.74. The molecule has 0 spiro atoms. The molecule has 0 saturated heterocycles. The number of nitrogens with one attached hydrogen (secondary N) is 2. The highest BCUT2D eigenvalue weighted by Gasteiger charge is 2.24. The van der Waals surface area contributed by atoms with E-state index in [1.54, 1.807) is 29.4 Å². The van der Waals surface area contributed by atoms with Crippen molar-refractivity contribution in [2.75, 3.05) is 18.4 Å². The highest BCUT2D eigenvalue weighted by atomic mass is 16.6. The van der Waals surface area contributed by atoms with Crippen molar-refractivity contribution in [2.24, 2.45) is 0 Å². The van der Waals surface area contributed by atoms with Crippen molar-refractivity contribution < 1.29 is 14.3 Å². The van der Waals surface area contributed by atoms with Crippen LogP contribution >= 0.6 is 0 Å². The maximum atomic E-state index is 12.7. The minimum absolute atomic E-state index is 0.289.